The van der Waals surface area contributed by atoms with Crippen molar-refractivity contribution in [1.82, 2.24) is 10.3 Å². The Morgan fingerprint density at radius 3 is 2.80 bits per heavy atom. The number of carbonyl (C=O) groups excluding carboxylic acids is 2. The zero-order valence-corrected chi connectivity index (χ0v) is 17.7. The number of hydrogen-bond acceptors (Lipinski definition) is 5. The van der Waals surface area contributed by atoms with Gasteiger partial charge in [-0.1, -0.05) is 36.4 Å². The Balaban J connectivity index is 1.36. The standard InChI is InChI=1S/C24H31N3O3/c1-30-24(29)21(18-8-3-2-4-9-18)15-17-25-22(28)12-6-5-11-20-14-13-19-10-7-16-26-23(19)27-20/h2-4,8-9,13-14,21H,5-7,10-12,15-17H2,1H3,(H,25,28)(H,26,27). The van der Waals surface area contributed by atoms with Crippen LogP contribution in [0.5, 0.6) is 0 Å². The Kier molecular flexibility index (Phi) is 8.24. The molecule has 1 unspecified atom stereocenters. The lowest BCUT2D eigenvalue weighted by atomic mass is 9.96. The molecule has 1 aliphatic rings. The number of hydrogen-bond donors (Lipinski definition) is 2. The van der Waals surface area contributed by atoms with E-state index in [1.165, 1.54) is 12.7 Å². The molecule has 30 heavy (non-hydrogen) atoms. The van der Waals surface area contributed by atoms with Crippen molar-refractivity contribution < 1.29 is 14.3 Å². The van der Waals surface area contributed by atoms with E-state index in [-0.39, 0.29) is 17.8 Å². The van der Waals surface area contributed by atoms with Gasteiger partial charge in [-0.3, -0.25) is 9.59 Å². The molecule has 0 saturated heterocycles. The molecule has 1 atom stereocenters. The van der Waals surface area contributed by atoms with E-state index in [1.54, 1.807) is 0 Å². The number of nitrogens with one attached hydrogen (secondary N) is 2. The molecule has 3 rings (SSSR count). The molecule has 0 fully saturated rings. The minimum atomic E-state index is -0.361. The average Bonchev–Trinajstić information content (AvgIpc) is 2.79. The van der Waals surface area contributed by atoms with Crippen molar-refractivity contribution in [3.63, 3.8) is 0 Å². The minimum Gasteiger partial charge on any atom is -0.469 e. The van der Waals surface area contributed by atoms with Crippen molar-refractivity contribution >= 4 is 17.7 Å². The summed E-state index contributed by atoms with van der Waals surface area (Å²) in [5.41, 5.74) is 3.28. The first-order chi connectivity index (χ1) is 14.7. The number of nitrogens with zero attached hydrogens (tertiary/aromatic N) is 1. The summed E-state index contributed by atoms with van der Waals surface area (Å²) >= 11 is 0. The van der Waals surface area contributed by atoms with Gasteiger partial charge in [-0.2, -0.15) is 0 Å². The highest BCUT2D eigenvalue weighted by Gasteiger charge is 2.21. The number of rotatable bonds is 10. The smallest absolute Gasteiger partial charge is 0.313 e. The quantitative estimate of drug-likeness (QED) is 0.463. The number of pyridine rings is 1. The molecule has 2 heterocycles. The van der Waals surface area contributed by atoms with Crippen LogP contribution in [0.15, 0.2) is 42.5 Å². The van der Waals surface area contributed by atoms with E-state index in [1.807, 2.05) is 30.3 Å². The first kappa shape index (κ1) is 21.8. The normalized spacial score (nSPS) is 13.6. The van der Waals surface area contributed by atoms with E-state index in [9.17, 15) is 9.59 Å². The van der Waals surface area contributed by atoms with Crippen molar-refractivity contribution in [2.24, 2.45) is 0 Å². The fourth-order valence-electron chi connectivity index (χ4n) is 3.79. The van der Waals surface area contributed by atoms with Crippen LogP contribution in [0, 0.1) is 0 Å². The molecule has 1 aromatic carbocycles. The molecule has 0 spiro atoms. The van der Waals surface area contributed by atoms with E-state index in [4.69, 9.17) is 9.72 Å². The van der Waals surface area contributed by atoms with Crippen LogP contribution < -0.4 is 10.6 Å². The molecule has 1 aliphatic heterocycles. The van der Waals surface area contributed by atoms with Crippen LogP contribution in [-0.4, -0.2) is 37.1 Å². The molecule has 0 aliphatic carbocycles. The summed E-state index contributed by atoms with van der Waals surface area (Å²) < 4.78 is 4.92. The molecule has 0 radical (unpaired) electrons. The SMILES string of the molecule is COC(=O)C(CCNC(=O)CCCCc1ccc2c(n1)NCCC2)c1ccccc1. The summed E-state index contributed by atoms with van der Waals surface area (Å²) in [7, 11) is 1.39. The van der Waals surface area contributed by atoms with Crippen molar-refractivity contribution in [1.29, 1.82) is 0 Å². The fraction of sp³-hybridized carbons (Fsp3) is 0.458. The summed E-state index contributed by atoms with van der Waals surface area (Å²) in [5.74, 6) is 0.407. The number of esters is 1. The van der Waals surface area contributed by atoms with Gasteiger partial charge in [-0.15, -0.1) is 0 Å². The number of fused-ring (bicyclic) bond motifs is 1. The molecule has 2 aromatic rings. The van der Waals surface area contributed by atoms with E-state index in [2.05, 4.69) is 22.8 Å². The lowest BCUT2D eigenvalue weighted by molar-refractivity contribution is -0.142. The maximum absolute atomic E-state index is 12.2. The van der Waals surface area contributed by atoms with E-state index < -0.39 is 0 Å². The third-order valence-electron chi connectivity index (χ3n) is 5.48. The summed E-state index contributed by atoms with van der Waals surface area (Å²) in [6, 6.07) is 13.8. The highest BCUT2D eigenvalue weighted by molar-refractivity contribution is 5.78. The van der Waals surface area contributed by atoms with Crippen LogP contribution in [0.4, 0.5) is 5.82 Å². The molecule has 6 nitrogen and oxygen atoms in total. The summed E-state index contributed by atoms with van der Waals surface area (Å²) in [5, 5.41) is 6.29. The lowest BCUT2D eigenvalue weighted by Crippen LogP contribution is -2.27. The van der Waals surface area contributed by atoms with Crippen LogP contribution >= 0.6 is 0 Å². The Bertz CT molecular complexity index is 839. The number of unbranched alkanes of at least 4 members (excludes halogenated alkanes) is 1. The monoisotopic (exact) mass is 409 g/mol. The maximum Gasteiger partial charge on any atom is 0.313 e. The number of ether oxygens (including phenoxy) is 1. The molecule has 2 N–H and O–H groups in total. The molecule has 1 aromatic heterocycles. The predicted octanol–water partition coefficient (Wildman–Crippen LogP) is 3.62. The highest BCUT2D eigenvalue weighted by Crippen LogP contribution is 2.21. The second-order valence-electron chi connectivity index (χ2n) is 7.67. The number of benzene rings is 1. The van der Waals surface area contributed by atoms with E-state index >= 15 is 0 Å². The molecule has 1 amide bonds. The second kappa shape index (κ2) is 11.3. The van der Waals surface area contributed by atoms with Gasteiger partial charge in [0, 0.05) is 25.2 Å². The van der Waals surface area contributed by atoms with Crippen LogP contribution in [-0.2, 0) is 27.2 Å². The van der Waals surface area contributed by atoms with Crippen molar-refractivity contribution in [2.45, 2.75) is 50.9 Å². The molecule has 6 heteroatoms. The van der Waals surface area contributed by atoms with Gasteiger partial charge in [0.2, 0.25) is 5.91 Å². The Labute approximate surface area is 178 Å². The van der Waals surface area contributed by atoms with Crippen molar-refractivity contribution in [3.8, 4) is 0 Å². The lowest BCUT2D eigenvalue weighted by Gasteiger charge is -2.17. The van der Waals surface area contributed by atoms with Gasteiger partial charge in [0.1, 0.15) is 5.82 Å². The average molecular weight is 410 g/mol. The van der Waals surface area contributed by atoms with Gasteiger partial charge in [0.05, 0.1) is 13.0 Å². The number of amides is 1. The number of carbonyl (C=O) groups is 2. The maximum atomic E-state index is 12.2. The van der Waals surface area contributed by atoms with Gasteiger partial charge in [-0.25, -0.2) is 4.98 Å². The van der Waals surface area contributed by atoms with Crippen LogP contribution in [0.2, 0.25) is 0 Å². The number of anilines is 1. The second-order valence-corrected chi connectivity index (χ2v) is 7.67. The Morgan fingerprint density at radius 1 is 1.17 bits per heavy atom. The molecular weight excluding hydrogens is 378 g/mol. The largest absolute Gasteiger partial charge is 0.469 e. The third-order valence-corrected chi connectivity index (χ3v) is 5.48. The summed E-state index contributed by atoms with van der Waals surface area (Å²) in [6.07, 6.45) is 5.88. The topological polar surface area (TPSA) is 80.3 Å². The van der Waals surface area contributed by atoms with E-state index in [0.717, 1.165) is 55.7 Å². The summed E-state index contributed by atoms with van der Waals surface area (Å²) in [4.78, 5) is 28.9. The zero-order valence-electron chi connectivity index (χ0n) is 17.7. The van der Waals surface area contributed by atoms with Crippen LogP contribution in [0.1, 0.15) is 54.8 Å². The van der Waals surface area contributed by atoms with Gasteiger partial charge in [0.25, 0.3) is 0 Å². The van der Waals surface area contributed by atoms with E-state index in [0.29, 0.717) is 19.4 Å². The van der Waals surface area contributed by atoms with Crippen molar-refractivity contribution in [3.05, 3.63) is 59.3 Å². The van der Waals surface area contributed by atoms with Gasteiger partial charge in [0.15, 0.2) is 0 Å². The number of aryl methyl sites for hydroxylation is 2. The Morgan fingerprint density at radius 2 is 2.00 bits per heavy atom. The number of aromatic nitrogens is 1. The minimum absolute atomic E-state index is 0.0201. The molecular formula is C24H31N3O3. The zero-order chi connectivity index (χ0) is 21.2. The third kappa shape index (κ3) is 6.31. The first-order valence-corrected chi connectivity index (χ1v) is 10.8. The van der Waals surface area contributed by atoms with Gasteiger partial charge < -0.3 is 15.4 Å². The summed E-state index contributed by atoms with van der Waals surface area (Å²) in [6.45, 7) is 1.44. The highest BCUT2D eigenvalue weighted by atomic mass is 16.5. The van der Waals surface area contributed by atoms with Crippen molar-refractivity contribution in [2.75, 3.05) is 25.5 Å². The van der Waals surface area contributed by atoms with Crippen LogP contribution in [0.3, 0.4) is 0 Å². The van der Waals surface area contributed by atoms with Gasteiger partial charge in [-0.05, 0) is 55.7 Å². The number of methoxy groups -OCH3 is 1. The molecule has 0 saturated carbocycles. The Hall–Kier alpha value is -2.89. The fourth-order valence-corrected chi connectivity index (χ4v) is 3.79. The van der Waals surface area contributed by atoms with Gasteiger partial charge >= 0.3 is 5.97 Å². The molecule has 160 valence electrons. The van der Waals surface area contributed by atoms with Crippen LogP contribution in [0.25, 0.3) is 0 Å². The molecule has 0 bridgehead atoms. The predicted molar refractivity (Wildman–Crippen MR) is 117 cm³/mol. The first-order valence-electron chi connectivity index (χ1n) is 10.8.